The summed E-state index contributed by atoms with van der Waals surface area (Å²) in [6.07, 6.45) is -2.56. The zero-order valence-corrected chi connectivity index (χ0v) is 22.6. The van der Waals surface area contributed by atoms with Crippen molar-refractivity contribution in [1.82, 2.24) is 9.80 Å². The van der Waals surface area contributed by atoms with Gasteiger partial charge in [0.05, 0.1) is 0 Å². The number of likely N-dealkylation sites (tertiary alicyclic amines) is 1. The lowest BCUT2D eigenvalue weighted by Gasteiger charge is -2.37. The molecule has 0 atom stereocenters. The number of halogens is 3. The molecule has 2 saturated heterocycles. The maximum atomic E-state index is 12.8. The minimum atomic E-state index is -4.69. The van der Waals surface area contributed by atoms with Crippen molar-refractivity contribution in [2.24, 2.45) is 0 Å². The van der Waals surface area contributed by atoms with Gasteiger partial charge in [0, 0.05) is 69.7 Å². The third kappa shape index (κ3) is 9.05. The maximum absolute atomic E-state index is 12.8. The predicted octanol–water partition coefficient (Wildman–Crippen LogP) is 6.13. The summed E-state index contributed by atoms with van der Waals surface area (Å²) in [6.45, 7) is 12.7. The second-order valence-corrected chi connectivity index (χ2v) is 11.2. The van der Waals surface area contributed by atoms with Crippen molar-refractivity contribution in [2.75, 3.05) is 56.0 Å². The molecule has 2 aliphatic rings. The summed E-state index contributed by atoms with van der Waals surface area (Å²) in [6, 6.07) is 14.8. The van der Waals surface area contributed by atoms with Crippen molar-refractivity contribution in [3.05, 3.63) is 54.1 Å². The van der Waals surface area contributed by atoms with Gasteiger partial charge in [0.25, 0.3) is 0 Å². The van der Waals surface area contributed by atoms with E-state index in [1.54, 1.807) is 12.1 Å². The van der Waals surface area contributed by atoms with Crippen LogP contribution in [0.2, 0.25) is 0 Å². The number of anilines is 2. The normalized spacial score (nSPS) is 17.5. The Morgan fingerprint density at radius 3 is 2.03 bits per heavy atom. The van der Waals surface area contributed by atoms with Crippen LogP contribution in [-0.4, -0.2) is 73.9 Å². The van der Waals surface area contributed by atoms with Crippen molar-refractivity contribution in [1.29, 1.82) is 0 Å². The fourth-order valence-electron chi connectivity index (χ4n) is 5.08. The SMILES string of the molecule is C.CC(C)(C)c1ccc(N2CCN(CCC(=O)N3CCC(Nc4ccc(OC(F)(F)F)cc4)CC3)CC2)cc1. The van der Waals surface area contributed by atoms with E-state index in [1.807, 2.05) is 4.90 Å². The molecule has 6 nitrogen and oxygen atoms in total. The lowest BCUT2D eigenvalue weighted by molar-refractivity contribution is -0.274. The molecule has 1 N–H and O–H groups in total. The lowest BCUT2D eigenvalue weighted by Crippen LogP contribution is -2.48. The van der Waals surface area contributed by atoms with E-state index < -0.39 is 6.36 Å². The molecule has 9 heteroatoms. The van der Waals surface area contributed by atoms with Gasteiger partial charge in [-0.1, -0.05) is 40.3 Å². The molecule has 2 aromatic rings. The number of carbonyl (C=O) groups excluding carboxylic acids is 1. The monoisotopic (exact) mass is 548 g/mol. The van der Waals surface area contributed by atoms with Gasteiger partial charge in [-0.25, -0.2) is 0 Å². The smallest absolute Gasteiger partial charge is 0.406 e. The van der Waals surface area contributed by atoms with Crippen LogP contribution < -0.4 is 15.0 Å². The summed E-state index contributed by atoms with van der Waals surface area (Å²) in [4.78, 5) is 19.5. The molecular weight excluding hydrogens is 505 g/mol. The summed E-state index contributed by atoms with van der Waals surface area (Å²) >= 11 is 0. The van der Waals surface area contributed by atoms with E-state index in [2.05, 4.69) is 64.9 Å². The van der Waals surface area contributed by atoms with Gasteiger partial charge in [0.2, 0.25) is 5.91 Å². The van der Waals surface area contributed by atoms with Crippen molar-refractivity contribution >= 4 is 17.3 Å². The van der Waals surface area contributed by atoms with E-state index in [1.165, 1.54) is 23.4 Å². The third-order valence-corrected chi connectivity index (χ3v) is 7.42. The summed E-state index contributed by atoms with van der Waals surface area (Å²) < 4.78 is 40.9. The van der Waals surface area contributed by atoms with Crippen LogP contribution in [0.1, 0.15) is 53.0 Å². The molecule has 0 spiro atoms. The van der Waals surface area contributed by atoms with Crippen molar-refractivity contribution < 1.29 is 22.7 Å². The molecule has 216 valence electrons. The third-order valence-electron chi connectivity index (χ3n) is 7.42. The number of piperidine rings is 1. The molecule has 39 heavy (non-hydrogen) atoms. The molecule has 2 heterocycles. The molecule has 2 aromatic carbocycles. The highest BCUT2D eigenvalue weighted by Gasteiger charge is 2.31. The number of nitrogens with zero attached hydrogens (tertiary/aromatic N) is 3. The average Bonchev–Trinajstić information content (AvgIpc) is 2.88. The van der Waals surface area contributed by atoms with Crippen LogP contribution in [0.25, 0.3) is 0 Å². The van der Waals surface area contributed by atoms with Crippen LogP contribution in [-0.2, 0) is 10.2 Å². The van der Waals surface area contributed by atoms with E-state index in [4.69, 9.17) is 0 Å². The Labute approximate surface area is 231 Å². The molecule has 0 bridgehead atoms. The van der Waals surface area contributed by atoms with Crippen LogP contribution in [0.4, 0.5) is 24.5 Å². The Morgan fingerprint density at radius 2 is 1.49 bits per heavy atom. The van der Waals surface area contributed by atoms with Crippen LogP contribution in [0.15, 0.2) is 48.5 Å². The van der Waals surface area contributed by atoms with Gasteiger partial charge in [0.1, 0.15) is 5.75 Å². The van der Waals surface area contributed by atoms with Gasteiger partial charge >= 0.3 is 6.36 Å². The van der Waals surface area contributed by atoms with Crippen molar-refractivity contribution in [2.45, 2.75) is 65.3 Å². The molecule has 0 aromatic heterocycles. The summed E-state index contributed by atoms with van der Waals surface area (Å²) in [5.74, 6) is -0.0445. The van der Waals surface area contributed by atoms with Crippen LogP contribution in [0.5, 0.6) is 5.75 Å². The minimum Gasteiger partial charge on any atom is -0.406 e. The summed E-state index contributed by atoms with van der Waals surface area (Å²) in [7, 11) is 0. The first-order valence-corrected chi connectivity index (χ1v) is 13.4. The number of benzene rings is 2. The molecule has 0 radical (unpaired) electrons. The molecule has 0 saturated carbocycles. The Bertz CT molecular complexity index is 1040. The van der Waals surface area contributed by atoms with E-state index in [0.29, 0.717) is 19.5 Å². The second kappa shape index (κ2) is 12.9. The first kappa shape index (κ1) is 30.6. The number of rotatable bonds is 7. The Kier molecular flexibility index (Phi) is 10.2. The number of piperazine rings is 1. The van der Waals surface area contributed by atoms with E-state index in [0.717, 1.165) is 51.3 Å². The Morgan fingerprint density at radius 1 is 0.897 bits per heavy atom. The molecule has 0 aliphatic carbocycles. The lowest BCUT2D eigenvalue weighted by atomic mass is 9.87. The molecule has 0 unspecified atom stereocenters. The van der Waals surface area contributed by atoms with Crippen LogP contribution >= 0.6 is 0 Å². The highest BCUT2D eigenvalue weighted by Crippen LogP contribution is 2.27. The van der Waals surface area contributed by atoms with Crippen molar-refractivity contribution in [3.63, 3.8) is 0 Å². The fraction of sp³-hybridized carbons (Fsp3) is 0.567. The second-order valence-electron chi connectivity index (χ2n) is 11.2. The first-order valence-electron chi connectivity index (χ1n) is 13.4. The minimum absolute atomic E-state index is 0. The van der Waals surface area contributed by atoms with Gasteiger partial charge in [-0.2, -0.15) is 0 Å². The van der Waals surface area contributed by atoms with Gasteiger partial charge in [0.15, 0.2) is 0 Å². The van der Waals surface area contributed by atoms with Crippen LogP contribution in [0.3, 0.4) is 0 Å². The highest BCUT2D eigenvalue weighted by atomic mass is 19.4. The molecule has 4 rings (SSSR count). The molecule has 1 amide bonds. The number of hydrogen-bond acceptors (Lipinski definition) is 5. The van der Waals surface area contributed by atoms with Gasteiger partial charge < -0.3 is 19.9 Å². The number of alkyl halides is 3. The summed E-state index contributed by atoms with van der Waals surface area (Å²) in [5.41, 5.74) is 3.50. The number of ether oxygens (including phenoxy) is 1. The Hall–Kier alpha value is -2.94. The highest BCUT2D eigenvalue weighted by molar-refractivity contribution is 5.76. The first-order chi connectivity index (χ1) is 18.0. The number of hydrogen-bond donors (Lipinski definition) is 1. The van der Waals surface area contributed by atoms with Gasteiger partial charge in [-0.15, -0.1) is 13.2 Å². The Balaban J connectivity index is 0.00000420. The molecule has 2 fully saturated rings. The number of carbonyl (C=O) groups is 1. The zero-order chi connectivity index (χ0) is 27.3. The maximum Gasteiger partial charge on any atom is 0.573 e. The molecule has 2 aliphatic heterocycles. The number of amides is 1. The van der Waals surface area contributed by atoms with E-state index in [9.17, 15) is 18.0 Å². The van der Waals surface area contributed by atoms with E-state index in [-0.39, 0.29) is 30.5 Å². The predicted molar refractivity (Wildman–Crippen MR) is 151 cm³/mol. The number of nitrogens with one attached hydrogen (secondary N) is 1. The van der Waals surface area contributed by atoms with E-state index >= 15 is 0 Å². The largest absolute Gasteiger partial charge is 0.573 e. The molecular formula is C30H43F3N4O2. The summed E-state index contributed by atoms with van der Waals surface area (Å²) in [5, 5.41) is 3.35. The quantitative estimate of drug-likeness (QED) is 0.451. The van der Waals surface area contributed by atoms with Gasteiger partial charge in [-0.05, 0) is 60.2 Å². The standard InChI is InChI=1S/C29H39F3N4O2.CH4/c1-28(2,3)22-4-8-25(9-5-22)35-20-18-34(19-21-35)15-14-27(37)36-16-12-24(13-17-36)33-23-6-10-26(11-7-23)38-29(30,31)32;/h4-11,24,33H,12-21H2,1-3H3;1H4. The van der Waals surface area contributed by atoms with Crippen LogP contribution in [0, 0.1) is 0 Å². The van der Waals surface area contributed by atoms with Crippen molar-refractivity contribution in [3.8, 4) is 5.75 Å². The average molecular weight is 549 g/mol. The topological polar surface area (TPSA) is 48.0 Å². The van der Waals surface area contributed by atoms with Gasteiger partial charge in [-0.3, -0.25) is 9.69 Å². The fourth-order valence-corrected chi connectivity index (χ4v) is 5.08. The zero-order valence-electron chi connectivity index (χ0n) is 22.6.